The molecule has 1 rings (SSSR count). The first kappa shape index (κ1) is 20.2. The highest BCUT2D eigenvalue weighted by molar-refractivity contribution is 7.89. The second-order valence-corrected chi connectivity index (χ2v) is 5.80. The van der Waals surface area contributed by atoms with Gasteiger partial charge in [-0.3, -0.25) is 14.9 Å². The van der Waals surface area contributed by atoms with Crippen molar-refractivity contribution < 1.29 is 18.1 Å². The summed E-state index contributed by atoms with van der Waals surface area (Å²) in [5.74, 6) is -0.243. The van der Waals surface area contributed by atoms with Crippen molar-refractivity contribution in [3.63, 3.8) is 0 Å². The van der Waals surface area contributed by atoms with E-state index in [-0.39, 0.29) is 48.5 Å². The molecular weight excluding hydrogens is 336 g/mol. The van der Waals surface area contributed by atoms with E-state index < -0.39 is 14.9 Å². The summed E-state index contributed by atoms with van der Waals surface area (Å²) in [6.07, 6.45) is 0. The van der Waals surface area contributed by atoms with Crippen LogP contribution in [-0.2, 0) is 14.8 Å². The first-order valence-corrected chi connectivity index (χ1v) is 7.50. The van der Waals surface area contributed by atoms with Crippen LogP contribution >= 0.6 is 12.4 Å². The molecule has 0 fully saturated rings. The highest BCUT2D eigenvalue weighted by Gasteiger charge is 2.15. The van der Waals surface area contributed by atoms with Crippen molar-refractivity contribution in [1.82, 2.24) is 15.4 Å². The van der Waals surface area contributed by atoms with Gasteiger partial charge in [0.25, 0.3) is 5.69 Å². The molecule has 11 heteroatoms. The first-order valence-electron chi connectivity index (χ1n) is 6.02. The number of hydrogen-bond acceptors (Lipinski definition) is 6. The Labute approximate surface area is 134 Å². The molecule has 3 N–H and O–H groups in total. The fourth-order valence-corrected chi connectivity index (χ4v) is 2.47. The summed E-state index contributed by atoms with van der Waals surface area (Å²) in [5, 5.41) is 15.7. The predicted octanol–water partition coefficient (Wildman–Crippen LogP) is -0.369. The maximum Gasteiger partial charge on any atom is 0.269 e. The highest BCUT2D eigenvalue weighted by Crippen LogP contribution is 2.15. The Kier molecular flexibility index (Phi) is 8.56. The molecule has 0 aliphatic heterocycles. The van der Waals surface area contributed by atoms with Gasteiger partial charge in [0, 0.05) is 25.2 Å². The van der Waals surface area contributed by atoms with Gasteiger partial charge in [-0.25, -0.2) is 13.1 Å². The molecule has 0 saturated carbocycles. The summed E-state index contributed by atoms with van der Waals surface area (Å²) in [4.78, 5) is 20.9. The molecule has 0 bridgehead atoms. The zero-order chi connectivity index (χ0) is 15.9. The monoisotopic (exact) mass is 352 g/mol. The van der Waals surface area contributed by atoms with Crippen molar-refractivity contribution >= 4 is 34.0 Å². The number of carbonyl (C=O) groups excluding carboxylic acids is 1. The van der Waals surface area contributed by atoms with Gasteiger partial charge in [-0.2, -0.15) is 0 Å². The normalized spacial score (nSPS) is 10.6. The maximum absolute atomic E-state index is 11.9. The third-order valence-corrected chi connectivity index (χ3v) is 3.91. The van der Waals surface area contributed by atoms with Crippen molar-refractivity contribution in [3.05, 3.63) is 34.4 Å². The van der Waals surface area contributed by atoms with Crippen LogP contribution in [0.1, 0.15) is 0 Å². The number of nitro benzene ring substituents is 1. The Balaban J connectivity index is 0.00000441. The van der Waals surface area contributed by atoms with Gasteiger partial charge in [0.1, 0.15) is 0 Å². The molecule has 0 radical (unpaired) electrons. The fraction of sp³-hybridized carbons (Fsp3) is 0.364. The number of carbonyl (C=O) groups is 1. The van der Waals surface area contributed by atoms with Gasteiger partial charge in [0.2, 0.25) is 15.9 Å². The third kappa shape index (κ3) is 6.35. The zero-order valence-electron chi connectivity index (χ0n) is 11.7. The lowest BCUT2D eigenvalue weighted by atomic mass is 10.3. The number of sulfonamides is 1. The van der Waals surface area contributed by atoms with Gasteiger partial charge in [0.15, 0.2) is 0 Å². The number of halogens is 1. The lowest BCUT2D eigenvalue weighted by Crippen LogP contribution is -2.38. The smallest absolute Gasteiger partial charge is 0.269 e. The SMILES string of the molecule is CNCC(=O)NCCNS(=O)(=O)c1ccc([N+](=O)[O-])cc1.Cl. The summed E-state index contributed by atoms with van der Waals surface area (Å²) in [5.41, 5.74) is -0.187. The second-order valence-electron chi connectivity index (χ2n) is 4.03. The molecule has 0 heterocycles. The van der Waals surface area contributed by atoms with Crippen molar-refractivity contribution in [3.8, 4) is 0 Å². The van der Waals surface area contributed by atoms with Crippen LogP contribution in [0, 0.1) is 10.1 Å². The van der Waals surface area contributed by atoms with Crippen molar-refractivity contribution in [2.75, 3.05) is 26.7 Å². The Hall–Kier alpha value is -1.75. The average molecular weight is 353 g/mol. The first-order chi connectivity index (χ1) is 9.86. The zero-order valence-corrected chi connectivity index (χ0v) is 13.4. The minimum atomic E-state index is -3.75. The summed E-state index contributed by atoms with van der Waals surface area (Å²) in [6.45, 7) is 0.316. The van der Waals surface area contributed by atoms with Gasteiger partial charge in [0.05, 0.1) is 16.4 Å². The maximum atomic E-state index is 11.9. The Morgan fingerprint density at radius 2 is 1.82 bits per heavy atom. The van der Waals surface area contributed by atoms with E-state index >= 15 is 0 Å². The molecule has 0 spiro atoms. The number of non-ortho nitro benzene ring substituents is 1. The number of nitrogens with zero attached hydrogens (tertiary/aromatic N) is 1. The summed E-state index contributed by atoms with van der Waals surface area (Å²) < 4.78 is 26.0. The van der Waals surface area contributed by atoms with Gasteiger partial charge < -0.3 is 10.6 Å². The van der Waals surface area contributed by atoms with Crippen LogP contribution in [0.25, 0.3) is 0 Å². The number of nitro groups is 1. The Bertz CT molecular complexity index is 605. The lowest BCUT2D eigenvalue weighted by Gasteiger charge is -2.07. The van der Waals surface area contributed by atoms with Gasteiger partial charge in [-0.1, -0.05) is 0 Å². The molecular formula is C11H17ClN4O5S. The van der Waals surface area contributed by atoms with Crippen LogP contribution in [0.2, 0.25) is 0 Å². The van der Waals surface area contributed by atoms with E-state index in [1.54, 1.807) is 7.05 Å². The molecule has 1 amide bonds. The van der Waals surface area contributed by atoms with Crippen LogP contribution in [0.5, 0.6) is 0 Å². The molecule has 124 valence electrons. The van der Waals surface area contributed by atoms with Crippen molar-refractivity contribution in [2.45, 2.75) is 4.90 Å². The summed E-state index contributed by atoms with van der Waals surface area (Å²) >= 11 is 0. The molecule has 0 atom stereocenters. The standard InChI is InChI=1S/C11H16N4O5S.ClH/c1-12-8-11(16)13-6-7-14-21(19,20)10-4-2-9(3-5-10)15(17)18;/h2-5,12,14H,6-8H2,1H3,(H,13,16);1H. The fourth-order valence-electron chi connectivity index (χ4n) is 1.44. The number of hydrogen-bond donors (Lipinski definition) is 3. The Morgan fingerprint density at radius 1 is 1.23 bits per heavy atom. The van der Waals surface area contributed by atoms with Crippen molar-refractivity contribution in [1.29, 1.82) is 0 Å². The van der Waals surface area contributed by atoms with E-state index in [1.165, 1.54) is 0 Å². The molecule has 0 unspecified atom stereocenters. The van der Waals surface area contributed by atoms with E-state index in [4.69, 9.17) is 0 Å². The topological polar surface area (TPSA) is 130 Å². The Morgan fingerprint density at radius 3 is 2.32 bits per heavy atom. The van der Waals surface area contributed by atoms with E-state index in [0.29, 0.717) is 0 Å². The predicted molar refractivity (Wildman–Crippen MR) is 82.5 cm³/mol. The molecule has 0 aliphatic rings. The average Bonchev–Trinajstić information content (AvgIpc) is 2.44. The molecule has 0 aromatic heterocycles. The van der Waals surface area contributed by atoms with Gasteiger partial charge in [-0.15, -0.1) is 12.4 Å². The summed E-state index contributed by atoms with van der Waals surface area (Å²) in [6, 6.07) is 4.53. The molecule has 9 nitrogen and oxygen atoms in total. The number of amides is 1. The minimum Gasteiger partial charge on any atom is -0.354 e. The highest BCUT2D eigenvalue weighted by atomic mass is 35.5. The van der Waals surface area contributed by atoms with Gasteiger partial charge in [-0.05, 0) is 19.2 Å². The number of likely N-dealkylation sites (N-methyl/N-ethyl adjacent to an activating group) is 1. The quantitative estimate of drug-likeness (QED) is 0.332. The van der Waals surface area contributed by atoms with Crippen LogP contribution in [0.3, 0.4) is 0 Å². The number of nitrogens with one attached hydrogen (secondary N) is 3. The van der Waals surface area contributed by atoms with Crippen molar-refractivity contribution in [2.24, 2.45) is 0 Å². The van der Waals surface area contributed by atoms with Crippen LogP contribution in [0.15, 0.2) is 29.2 Å². The third-order valence-electron chi connectivity index (χ3n) is 2.43. The molecule has 0 aliphatic carbocycles. The van der Waals surface area contributed by atoms with E-state index in [0.717, 1.165) is 24.3 Å². The van der Waals surface area contributed by atoms with Crippen LogP contribution in [-0.4, -0.2) is 45.9 Å². The molecule has 22 heavy (non-hydrogen) atoms. The number of rotatable bonds is 8. The van der Waals surface area contributed by atoms with E-state index in [1.807, 2.05) is 0 Å². The molecule has 0 saturated heterocycles. The molecule has 1 aromatic rings. The minimum absolute atomic E-state index is 0. The van der Waals surface area contributed by atoms with Crippen LogP contribution < -0.4 is 15.4 Å². The molecule has 1 aromatic carbocycles. The van der Waals surface area contributed by atoms with E-state index in [9.17, 15) is 23.3 Å². The second kappa shape index (κ2) is 9.30. The van der Waals surface area contributed by atoms with Crippen LogP contribution in [0.4, 0.5) is 5.69 Å². The largest absolute Gasteiger partial charge is 0.354 e. The lowest BCUT2D eigenvalue weighted by molar-refractivity contribution is -0.384. The number of benzene rings is 1. The van der Waals surface area contributed by atoms with E-state index in [2.05, 4.69) is 15.4 Å². The summed E-state index contributed by atoms with van der Waals surface area (Å²) in [7, 11) is -2.13. The van der Waals surface area contributed by atoms with Gasteiger partial charge >= 0.3 is 0 Å².